The molecule has 9 nitrogen and oxygen atoms in total. The molecule has 1 aliphatic carbocycles. The summed E-state index contributed by atoms with van der Waals surface area (Å²) in [5.74, 6) is -0.854. The summed E-state index contributed by atoms with van der Waals surface area (Å²) in [4.78, 5) is 15.7. The average molecular weight is 429 g/mol. The van der Waals surface area contributed by atoms with E-state index < -0.39 is 22.0 Å². The van der Waals surface area contributed by atoms with E-state index in [1.807, 2.05) is 27.7 Å². The van der Waals surface area contributed by atoms with Crippen molar-refractivity contribution < 1.29 is 23.1 Å². The largest absolute Gasteiger partial charge is 0.492 e. The lowest BCUT2D eigenvalue weighted by molar-refractivity contribution is -0.139. The summed E-state index contributed by atoms with van der Waals surface area (Å²) in [5.41, 5.74) is 11.6. The maximum absolute atomic E-state index is 13.2. The molecule has 1 saturated heterocycles. The summed E-state index contributed by atoms with van der Waals surface area (Å²) in [6.45, 7) is 9.64. The molecule has 1 heterocycles. The molecule has 3 unspecified atom stereocenters. The number of aliphatic imine (C=N–C) groups is 1. The van der Waals surface area contributed by atoms with Crippen molar-refractivity contribution in [2.45, 2.75) is 65.5 Å². The van der Waals surface area contributed by atoms with E-state index in [2.05, 4.69) is 9.71 Å². The minimum atomic E-state index is -4.01. The molecule has 3 atom stereocenters. The Hall–Kier alpha value is -2.07. The Morgan fingerprint density at radius 3 is 2.52 bits per heavy atom. The fourth-order valence-corrected chi connectivity index (χ4v) is 6.05. The number of hydrogen-bond acceptors (Lipinski definition) is 5. The highest BCUT2D eigenvalue weighted by Crippen LogP contribution is 2.50. The van der Waals surface area contributed by atoms with E-state index in [-0.39, 0.29) is 41.3 Å². The quantitative estimate of drug-likeness (QED) is 0.259. The van der Waals surface area contributed by atoms with Gasteiger partial charge in [-0.1, -0.05) is 6.92 Å². The summed E-state index contributed by atoms with van der Waals surface area (Å²) in [6.07, 6.45) is 1.11. The number of ether oxygens (including phenoxy) is 1. The fourth-order valence-electron chi connectivity index (χ4n) is 4.12. The predicted octanol–water partition coefficient (Wildman–Crippen LogP) is 1.43. The third-order valence-electron chi connectivity index (χ3n) is 5.58. The summed E-state index contributed by atoms with van der Waals surface area (Å²) in [7, 11) is -4.01. The van der Waals surface area contributed by atoms with Crippen LogP contribution in [0.15, 0.2) is 26.8 Å². The van der Waals surface area contributed by atoms with Crippen LogP contribution >= 0.6 is 0 Å². The molecule has 1 aliphatic heterocycles. The number of aliphatic carboxylic acids is 1. The van der Waals surface area contributed by atoms with Crippen molar-refractivity contribution in [3.8, 4) is 0 Å². The van der Waals surface area contributed by atoms with Crippen LogP contribution in [-0.4, -0.2) is 43.6 Å². The highest BCUT2D eigenvalue weighted by molar-refractivity contribution is 7.93. The summed E-state index contributed by atoms with van der Waals surface area (Å²) >= 11 is 0. The first-order valence-electron chi connectivity index (χ1n) is 9.68. The number of nitrogens with two attached hydrogens (primary N) is 2. The van der Waals surface area contributed by atoms with Gasteiger partial charge in [0.25, 0.3) is 0 Å². The lowest BCUT2D eigenvalue weighted by Gasteiger charge is -2.31. The summed E-state index contributed by atoms with van der Waals surface area (Å²) in [6, 6.07) is -1.26. The first kappa shape index (κ1) is 23.2. The number of hydrogen-bond donors (Lipinski definition) is 4. The number of fused-ring (bicyclic) bond motifs is 1. The maximum atomic E-state index is 13.2. The molecule has 0 radical (unpaired) electrons. The van der Waals surface area contributed by atoms with Gasteiger partial charge in [-0.05, 0) is 58.1 Å². The third kappa shape index (κ3) is 5.11. The van der Waals surface area contributed by atoms with Gasteiger partial charge in [0.05, 0.1) is 4.91 Å². The molecule has 0 amide bonds. The Morgan fingerprint density at radius 2 is 1.97 bits per heavy atom. The first-order chi connectivity index (χ1) is 13.3. The Bertz CT molecular complexity index is 869. The van der Waals surface area contributed by atoms with Gasteiger partial charge in [-0.25, -0.2) is 8.42 Å². The van der Waals surface area contributed by atoms with Crippen molar-refractivity contribution >= 4 is 22.0 Å². The van der Waals surface area contributed by atoms with Crippen molar-refractivity contribution in [2.75, 3.05) is 6.54 Å². The number of allylic oxidation sites excluding steroid dienone is 4. The molecule has 1 fully saturated rings. The summed E-state index contributed by atoms with van der Waals surface area (Å²) < 4.78 is 34.8. The van der Waals surface area contributed by atoms with Crippen LogP contribution in [0.2, 0.25) is 0 Å². The lowest BCUT2D eigenvalue weighted by atomic mass is 9.79. The van der Waals surface area contributed by atoms with Gasteiger partial charge in [-0.3, -0.25) is 9.79 Å². The molecular weight excluding hydrogens is 396 g/mol. The second-order valence-corrected chi connectivity index (χ2v) is 10.1. The van der Waals surface area contributed by atoms with Gasteiger partial charge in [0.2, 0.25) is 10.0 Å². The standard InChI is InChI=1S/C19H32N4O5S/c1-10-11(2)16(12(3)13-9-19(4,5)28-15(10)13)29(26,27)23-14(17(24)25)7-6-8-22-18(20)21/h12-14,23H,6-9H2,1-5H3,(H,24,25)(H4,20,21,22). The number of carboxylic acid groups (broad SMARTS) is 1. The molecule has 0 aromatic carbocycles. The second kappa shape index (κ2) is 8.35. The van der Waals surface area contributed by atoms with Gasteiger partial charge < -0.3 is 21.3 Å². The monoisotopic (exact) mass is 428 g/mol. The molecule has 2 rings (SSSR count). The normalized spacial score (nSPS) is 24.7. The van der Waals surface area contributed by atoms with Crippen LogP contribution in [0.5, 0.6) is 0 Å². The fraction of sp³-hybridized carbons (Fsp3) is 0.684. The SMILES string of the molecule is CC1=C2OC(C)(C)CC2C(C)C(S(=O)(=O)NC(CCCN=C(N)N)C(=O)O)=C1C. The van der Waals surface area contributed by atoms with Crippen molar-refractivity contribution in [2.24, 2.45) is 28.3 Å². The number of rotatable bonds is 8. The minimum absolute atomic E-state index is 0.0505. The van der Waals surface area contributed by atoms with E-state index in [0.717, 1.165) is 11.3 Å². The Labute approximate surface area is 172 Å². The number of nitrogens with zero attached hydrogens (tertiary/aromatic N) is 1. The van der Waals surface area contributed by atoms with E-state index in [1.54, 1.807) is 6.92 Å². The molecule has 29 heavy (non-hydrogen) atoms. The van der Waals surface area contributed by atoms with Crippen molar-refractivity contribution in [1.29, 1.82) is 0 Å². The first-order valence-corrected chi connectivity index (χ1v) is 11.2. The van der Waals surface area contributed by atoms with Crippen molar-refractivity contribution in [1.82, 2.24) is 4.72 Å². The van der Waals surface area contributed by atoms with Gasteiger partial charge in [0.1, 0.15) is 17.4 Å². The molecule has 6 N–H and O–H groups in total. The molecule has 0 saturated carbocycles. The van der Waals surface area contributed by atoms with Crippen LogP contribution in [0.1, 0.15) is 53.9 Å². The van der Waals surface area contributed by atoms with Gasteiger partial charge in [0.15, 0.2) is 5.96 Å². The molecule has 2 aliphatic rings. The molecule has 0 aromatic heterocycles. The maximum Gasteiger partial charge on any atom is 0.321 e. The Balaban J connectivity index is 2.27. The smallest absolute Gasteiger partial charge is 0.321 e. The number of guanidine groups is 1. The number of sulfonamides is 1. The van der Waals surface area contributed by atoms with E-state index in [0.29, 0.717) is 18.4 Å². The molecular formula is C19H32N4O5S. The van der Waals surface area contributed by atoms with Crippen LogP contribution < -0.4 is 16.2 Å². The zero-order valence-corrected chi connectivity index (χ0v) is 18.5. The van der Waals surface area contributed by atoms with Crippen molar-refractivity contribution in [3.05, 3.63) is 21.8 Å². The van der Waals surface area contributed by atoms with E-state index in [4.69, 9.17) is 16.2 Å². The number of carbonyl (C=O) groups is 1. The van der Waals surface area contributed by atoms with E-state index >= 15 is 0 Å². The lowest BCUT2D eigenvalue weighted by Crippen LogP contribution is -2.43. The number of carboxylic acids is 1. The van der Waals surface area contributed by atoms with E-state index in [9.17, 15) is 18.3 Å². The third-order valence-corrected chi connectivity index (χ3v) is 7.44. The van der Waals surface area contributed by atoms with Gasteiger partial charge >= 0.3 is 5.97 Å². The van der Waals surface area contributed by atoms with Crippen LogP contribution in [-0.2, 0) is 19.6 Å². The van der Waals surface area contributed by atoms with Gasteiger partial charge in [-0.2, -0.15) is 4.72 Å². The van der Waals surface area contributed by atoms with E-state index in [1.165, 1.54) is 0 Å². The minimum Gasteiger partial charge on any atom is -0.492 e. The molecule has 0 spiro atoms. The van der Waals surface area contributed by atoms with Crippen LogP contribution in [0, 0.1) is 11.8 Å². The zero-order valence-electron chi connectivity index (χ0n) is 17.7. The van der Waals surface area contributed by atoms with Gasteiger partial charge in [-0.15, -0.1) is 0 Å². The molecule has 164 valence electrons. The zero-order chi connectivity index (χ0) is 22.1. The number of nitrogens with one attached hydrogen (secondary N) is 1. The predicted molar refractivity (Wildman–Crippen MR) is 111 cm³/mol. The van der Waals surface area contributed by atoms with Crippen LogP contribution in [0.25, 0.3) is 0 Å². The molecule has 10 heteroatoms. The van der Waals surface area contributed by atoms with Crippen molar-refractivity contribution in [3.63, 3.8) is 0 Å². The van der Waals surface area contributed by atoms with Crippen LogP contribution in [0.3, 0.4) is 0 Å². The van der Waals surface area contributed by atoms with Crippen LogP contribution in [0.4, 0.5) is 0 Å². The Morgan fingerprint density at radius 1 is 1.34 bits per heavy atom. The van der Waals surface area contributed by atoms with Gasteiger partial charge in [0, 0.05) is 18.4 Å². The Kier molecular flexibility index (Phi) is 6.68. The average Bonchev–Trinajstić information content (AvgIpc) is 2.91. The topological polar surface area (TPSA) is 157 Å². The molecule has 0 bridgehead atoms. The highest BCUT2D eigenvalue weighted by Gasteiger charge is 2.47. The highest BCUT2D eigenvalue weighted by atomic mass is 32.2. The molecule has 0 aromatic rings. The second-order valence-electron chi connectivity index (χ2n) is 8.40. The summed E-state index contributed by atoms with van der Waals surface area (Å²) in [5, 5.41) is 9.49.